The van der Waals surface area contributed by atoms with Crippen molar-refractivity contribution in [1.82, 2.24) is 5.32 Å². The van der Waals surface area contributed by atoms with Crippen LogP contribution in [0.4, 0.5) is 0 Å². The predicted molar refractivity (Wildman–Crippen MR) is 83.1 cm³/mol. The van der Waals surface area contributed by atoms with Crippen LogP contribution in [0.1, 0.15) is 30.9 Å². The van der Waals surface area contributed by atoms with Crippen molar-refractivity contribution >= 4 is 11.8 Å². The summed E-state index contributed by atoms with van der Waals surface area (Å²) in [5.41, 5.74) is 2.72. The van der Waals surface area contributed by atoms with E-state index in [4.69, 9.17) is 4.74 Å². The summed E-state index contributed by atoms with van der Waals surface area (Å²) in [5.74, 6) is 0. The van der Waals surface area contributed by atoms with Crippen molar-refractivity contribution in [1.29, 1.82) is 0 Å². The zero-order chi connectivity index (χ0) is 13.7. The van der Waals surface area contributed by atoms with Gasteiger partial charge in [0, 0.05) is 29.8 Å². The Kier molecular flexibility index (Phi) is 5.74. The molecule has 0 saturated carbocycles. The Bertz CT molecular complexity index is 402. The highest BCUT2D eigenvalue weighted by molar-refractivity contribution is 8.00. The first kappa shape index (κ1) is 14.9. The summed E-state index contributed by atoms with van der Waals surface area (Å²) in [6.07, 6.45) is 2.88. The van der Waals surface area contributed by atoms with Gasteiger partial charge in [-0.3, -0.25) is 0 Å². The number of thioether (sulfide) groups is 1. The van der Waals surface area contributed by atoms with Gasteiger partial charge in [0.15, 0.2) is 0 Å². The van der Waals surface area contributed by atoms with Gasteiger partial charge in [0.05, 0.1) is 6.10 Å². The Morgan fingerprint density at radius 2 is 2.26 bits per heavy atom. The molecule has 1 fully saturated rings. The normalized spacial score (nSPS) is 20.7. The molecule has 1 aromatic carbocycles. The minimum atomic E-state index is 0.443. The van der Waals surface area contributed by atoms with Crippen LogP contribution in [0.15, 0.2) is 23.1 Å². The molecule has 0 radical (unpaired) electrons. The highest BCUT2D eigenvalue weighted by Gasteiger charge is 2.15. The van der Waals surface area contributed by atoms with Gasteiger partial charge in [-0.15, -0.1) is 11.8 Å². The van der Waals surface area contributed by atoms with Gasteiger partial charge < -0.3 is 10.1 Å². The van der Waals surface area contributed by atoms with E-state index in [0.29, 0.717) is 11.4 Å². The molecule has 0 aliphatic carbocycles. The largest absolute Gasteiger partial charge is 0.377 e. The van der Waals surface area contributed by atoms with Crippen LogP contribution in [-0.4, -0.2) is 31.1 Å². The van der Waals surface area contributed by atoms with E-state index in [-0.39, 0.29) is 0 Å². The quantitative estimate of drug-likeness (QED) is 0.805. The van der Waals surface area contributed by atoms with Gasteiger partial charge in [0.1, 0.15) is 0 Å². The van der Waals surface area contributed by atoms with Gasteiger partial charge in [-0.2, -0.15) is 0 Å². The predicted octanol–water partition coefficient (Wildman–Crippen LogP) is 3.55. The number of nitrogens with one attached hydrogen (secondary N) is 1. The molecule has 3 heteroatoms. The molecule has 2 rings (SSSR count). The van der Waals surface area contributed by atoms with Gasteiger partial charge in [0.25, 0.3) is 0 Å². The maximum absolute atomic E-state index is 5.62. The van der Waals surface area contributed by atoms with Crippen LogP contribution in [0, 0.1) is 13.8 Å². The van der Waals surface area contributed by atoms with E-state index >= 15 is 0 Å². The van der Waals surface area contributed by atoms with Crippen molar-refractivity contribution in [3.8, 4) is 0 Å². The Morgan fingerprint density at radius 3 is 2.95 bits per heavy atom. The molecule has 0 spiro atoms. The molecule has 1 aliphatic heterocycles. The zero-order valence-electron chi connectivity index (χ0n) is 12.2. The topological polar surface area (TPSA) is 21.3 Å². The fraction of sp³-hybridized carbons (Fsp3) is 0.625. The fourth-order valence-electron chi connectivity index (χ4n) is 2.44. The van der Waals surface area contributed by atoms with Crippen LogP contribution in [0.2, 0.25) is 0 Å². The van der Waals surface area contributed by atoms with E-state index in [2.05, 4.69) is 44.3 Å². The molecule has 2 unspecified atom stereocenters. The first-order valence-corrected chi connectivity index (χ1v) is 8.09. The molecule has 19 heavy (non-hydrogen) atoms. The van der Waals surface area contributed by atoms with Crippen molar-refractivity contribution in [3.63, 3.8) is 0 Å². The maximum Gasteiger partial charge on any atom is 0.0700 e. The van der Waals surface area contributed by atoms with Gasteiger partial charge in [-0.05, 0) is 38.3 Å². The molecule has 1 aromatic rings. The van der Waals surface area contributed by atoms with E-state index in [1.54, 1.807) is 0 Å². The van der Waals surface area contributed by atoms with E-state index in [0.717, 1.165) is 19.7 Å². The summed E-state index contributed by atoms with van der Waals surface area (Å²) in [4.78, 5) is 1.40. The number of aryl methyl sites for hydroxylation is 2. The summed E-state index contributed by atoms with van der Waals surface area (Å²) >= 11 is 1.96. The van der Waals surface area contributed by atoms with Crippen molar-refractivity contribution in [2.24, 2.45) is 0 Å². The molecule has 2 nitrogen and oxygen atoms in total. The second-order valence-electron chi connectivity index (χ2n) is 5.49. The third-order valence-electron chi connectivity index (χ3n) is 3.49. The molecule has 0 amide bonds. The fourth-order valence-corrected chi connectivity index (χ4v) is 3.47. The third kappa shape index (κ3) is 4.83. The molecule has 2 atom stereocenters. The van der Waals surface area contributed by atoms with Crippen molar-refractivity contribution in [2.75, 3.05) is 19.7 Å². The lowest BCUT2D eigenvalue weighted by molar-refractivity contribution is 0.110. The lowest BCUT2D eigenvalue weighted by Gasteiger charge is -2.16. The third-order valence-corrected chi connectivity index (χ3v) is 4.77. The Labute approximate surface area is 121 Å². The standard InChI is InChI=1S/C16H25NOS/c1-12-6-7-16(13(2)9-12)19-14(3)10-17-11-15-5-4-8-18-15/h6-7,9,14-15,17H,4-5,8,10-11H2,1-3H3. The molecular formula is C16H25NOS. The summed E-state index contributed by atoms with van der Waals surface area (Å²) in [6, 6.07) is 6.70. The van der Waals surface area contributed by atoms with Gasteiger partial charge >= 0.3 is 0 Å². The lowest BCUT2D eigenvalue weighted by Crippen LogP contribution is -2.30. The number of hydrogen-bond acceptors (Lipinski definition) is 3. The highest BCUT2D eigenvalue weighted by Crippen LogP contribution is 2.26. The van der Waals surface area contributed by atoms with Crippen molar-refractivity contribution < 1.29 is 4.74 Å². The Hall–Kier alpha value is -0.510. The molecular weight excluding hydrogens is 254 g/mol. The average molecular weight is 279 g/mol. The van der Waals surface area contributed by atoms with Crippen LogP contribution in [0.3, 0.4) is 0 Å². The second-order valence-corrected chi connectivity index (χ2v) is 6.97. The average Bonchev–Trinajstić information content (AvgIpc) is 2.86. The minimum Gasteiger partial charge on any atom is -0.377 e. The maximum atomic E-state index is 5.62. The molecule has 1 aliphatic rings. The zero-order valence-corrected chi connectivity index (χ0v) is 13.1. The van der Waals surface area contributed by atoms with Crippen LogP contribution in [0.5, 0.6) is 0 Å². The van der Waals surface area contributed by atoms with Gasteiger partial charge in [-0.25, -0.2) is 0 Å². The van der Waals surface area contributed by atoms with Crippen molar-refractivity contribution in [3.05, 3.63) is 29.3 Å². The first-order chi connectivity index (χ1) is 9.15. The molecule has 106 valence electrons. The lowest BCUT2D eigenvalue weighted by atomic mass is 10.2. The first-order valence-electron chi connectivity index (χ1n) is 7.21. The van der Waals surface area contributed by atoms with E-state index < -0.39 is 0 Å². The number of ether oxygens (including phenoxy) is 1. The van der Waals surface area contributed by atoms with Crippen LogP contribution >= 0.6 is 11.8 Å². The summed E-state index contributed by atoms with van der Waals surface area (Å²) in [5, 5.41) is 4.12. The number of rotatable bonds is 6. The minimum absolute atomic E-state index is 0.443. The number of hydrogen-bond donors (Lipinski definition) is 1. The van der Waals surface area contributed by atoms with Crippen LogP contribution in [-0.2, 0) is 4.74 Å². The molecule has 0 aromatic heterocycles. The summed E-state index contributed by atoms with van der Waals surface area (Å²) < 4.78 is 5.62. The van der Waals surface area contributed by atoms with Crippen LogP contribution in [0.25, 0.3) is 0 Å². The Morgan fingerprint density at radius 1 is 1.42 bits per heavy atom. The monoisotopic (exact) mass is 279 g/mol. The molecule has 1 heterocycles. The van der Waals surface area contributed by atoms with Gasteiger partial charge in [-0.1, -0.05) is 24.6 Å². The van der Waals surface area contributed by atoms with Gasteiger partial charge in [0.2, 0.25) is 0 Å². The highest BCUT2D eigenvalue weighted by atomic mass is 32.2. The Balaban J connectivity index is 1.72. The summed E-state index contributed by atoms with van der Waals surface area (Å²) in [7, 11) is 0. The van der Waals surface area contributed by atoms with Crippen LogP contribution < -0.4 is 5.32 Å². The smallest absolute Gasteiger partial charge is 0.0700 e. The molecule has 1 N–H and O–H groups in total. The SMILES string of the molecule is Cc1ccc(SC(C)CNCC2CCCO2)c(C)c1. The van der Waals surface area contributed by atoms with E-state index in [9.17, 15) is 0 Å². The van der Waals surface area contributed by atoms with E-state index in [1.807, 2.05) is 11.8 Å². The molecule has 1 saturated heterocycles. The number of benzene rings is 1. The summed E-state index contributed by atoms with van der Waals surface area (Å²) in [6.45, 7) is 9.61. The van der Waals surface area contributed by atoms with Crippen molar-refractivity contribution in [2.45, 2.75) is 49.9 Å². The van der Waals surface area contributed by atoms with E-state index in [1.165, 1.54) is 28.9 Å². The second kappa shape index (κ2) is 7.32. The molecule has 0 bridgehead atoms.